The lowest BCUT2D eigenvalue weighted by Crippen LogP contribution is -2.03. The third-order valence-electron chi connectivity index (χ3n) is 2.83. The van der Waals surface area contributed by atoms with Gasteiger partial charge in [0.1, 0.15) is 5.76 Å². The second kappa shape index (κ2) is 6.01. The highest BCUT2D eigenvalue weighted by atomic mass is 16.5. The fraction of sp³-hybridized carbons (Fsp3) is 0.200. The van der Waals surface area contributed by atoms with Gasteiger partial charge in [-0.2, -0.15) is 5.26 Å². The molecule has 108 valence electrons. The van der Waals surface area contributed by atoms with Crippen LogP contribution < -0.4 is 9.47 Å². The molecule has 0 aliphatic rings. The number of nitrogens with zero attached hydrogens (tertiary/aromatic N) is 1. The van der Waals surface area contributed by atoms with Gasteiger partial charge in [0.2, 0.25) is 5.76 Å². The van der Waals surface area contributed by atoms with E-state index >= 15 is 0 Å². The summed E-state index contributed by atoms with van der Waals surface area (Å²) in [6.45, 7) is 1.72. The number of carboxylic acid groups (broad SMARTS) is 1. The molecule has 0 saturated carbocycles. The minimum atomic E-state index is -1.13. The predicted molar refractivity (Wildman–Crippen MR) is 72.4 cm³/mol. The lowest BCUT2D eigenvalue weighted by Gasteiger charge is -2.15. The Morgan fingerprint density at radius 2 is 2.10 bits per heavy atom. The van der Waals surface area contributed by atoms with Gasteiger partial charge < -0.3 is 19.0 Å². The molecule has 1 N–H and O–H groups in total. The van der Waals surface area contributed by atoms with Crippen LogP contribution in [0.1, 0.15) is 34.9 Å². The van der Waals surface area contributed by atoms with Gasteiger partial charge in [0.15, 0.2) is 17.6 Å². The molecule has 0 amide bonds. The van der Waals surface area contributed by atoms with Crippen molar-refractivity contribution in [1.29, 1.82) is 5.26 Å². The van der Waals surface area contributed by atoms with Crippen LogP contribution in [-0.2, 0) is 0 Å². The lowest BCUT2D eigenvalue weighted by atomic mass is 10.2. The quantitative estimate of drug-likeness (QED) is 0.908. The van der Waals surface area contributed by atoms with Gasteiger partial charge in [0.25, 0.3) is 0 Å². The average Bonchev–Trinajstić information content (AvgIpc) is 2.97. The van der Waals surface area contributed by atoms with E-state index in [1.54, 1.807) is 31.2 Å². The number of rotatable bonds is 5. The molecule has 0 bridgehead atoms. The Kier molecular flexibility index (Phi) is 4.14. The Morgan fingerprint density at radius 3 is 2.67 bits per heavy atom. The second-order valence-electron chi connectivity index (χ2n) is 4.24. The standard InChI is InChI=1S/C15H13NO5/c1-9(11-5-6-13(21-11)15(17)18)20-12-4-3-10(8-16)7-14(12)19-2/h3-7,9H,1-2H3,(H,17,18). The number of aromatic carboxylic acids is 1. The average molecular weight is 287 g/mol. The highest BCUT2D eigenvalue weighted by Gasteiger charge is 2.17. The number of hydrogen-bond donors (Lipinski definition) is 1. The van der Waals surface area contributed by atoms with Gasteiger partial charge in [0, 0.05) is 6.07 Å². The molecule has 1 aromatic heterocycles. The largest absolute Gasteiger partial charge is 0.493 e. The summed E-state index contributed by atoms with van der Waals surface area (Å²) in [4.78, 5) is 10.8. The van der Waals surface area contributed by atoms with Gasteiger partial charge in [-0.05, 0) is 31.2 Å². The molecule has 0 aliphatic heterocycles. The van der Waals surface area contributed by atoms with E-state index < -0.39 is 12.1 Å². The second-order valence-corrected chi connectivity index (χ2v) is 4.24. The van der Waals surface area contributed by atoms with Crippen LogP contribution >= 0.6 is 0 Å². The van der Waals surface area contributed by atoms with Gasteiger partial charge in [-0.15, -0.1) is 0 Å². The minimum Gasteiger partial charge on any atom is -0.493 e. The Hall–Kier alpha value is -2.94. The number of furan rings is 1. The normalized spacial score (nSPS) is 11.5. The summed E-state index contributed by atoms with van der Waals surface area (Å²) in [6.07, 6.45) is -0.500. The predicted octanol–water partition coefficient (Wildman–Crippen LogP) is 3.00. The number of hydrogen-bond acceptors (Lipinski definition) is 5. The first kappa shape index (κ1) is 14.5. The van der Waals surface area contributed by atoms with E-state index in [0.29, 0.717) is 22.8 Å². The van der Waals surface area contributed by atoms with Gasteiger partial charge in [-0.25, -0.2) is 4.79 Å². The van der Waals surface area contributed by atoms with Crippen LogP contribution in [0.25, 0.3) is 0 Å². The molecule has 1 heterocycles. The Morgan fingerprint density at radius 1 is 1.33 bits per heavy atom. The van der Waals surface area contributed by atoms with Crippen LogP contribution in [0.2, 0.25) is 0 Å². The summed E-state index contributed by atoms with van der Waals surface area (Å²) >= 11 is 0. The smallest absolute Gasteiger partial charge is 0.371 e. The molecule has 0 spiro atoms. The molecule has 2 aromatic rings. The fourth-order valence-electron chi connectivity index (χ4n) is 1.77. The van der Waals surface area contributed by atoms with Crippen molar-refractivity contribution in [1.82, 2.24) is 0 Å². The monoisotopic (exact) mass is 287 g/mol. The van der Waals surface area contributed by atoms with Crippen LogP contribution in [0.15, 0.2) is 34.7 Å². The molecular formula is C15H13NO5. The van der Waals surface area contributed by atoms with Crippen LogP contribution in [0, 0.1) is 11.3 Å². The van der Waals surface area contributed by atoms with Crippen molar-refractivity contribution in [3.8, 4) is 17.6 Å². The number of carboxylic acids is 1. The van der Waals surface area contributed by atoms with E-state index in [0.717, 1.165) is 0 Å². The van der Waals surface area contributed by atoms with Gasteiger partial charge >= 0.3 is 5.97 Å². The zero-order chi connectivity index (χ0) is 15.4. The van der Waals surface area contributed by atoms with Crippen molar-refractivity contribution < 1.29 is 23.8 Å². The first-order chi connectivity index (χ1) is 10.0. The maximum absolute atomic E-state index is 10.8. The van der Waals surface area contributed by atoms with Crippen molar-refractivity contribution in [2.24, 2.45) is 0 Å². The van der Waals surface area contributed by atoms with Gasteiger partial charge in [-0.1, -0.05) is 0 Å². The van der Waals surface area contributed by atoms with Gasteiger partial charge in [-0.3, -0.25) is 0 Å². The molecular weight excluding hydrogens is 274 g/mol. The summed E-state index contributed by atoms with van der Waals surface area (Å²) in [7, 11) is 1.48. The molecule has 1 atom stereocenters. The number of carbonyl (C=O) groups is 1. The van der Waals surface area contributed by atoms with Crippen molar-refractivity contribution >= 4 is 5.97 Å². The van der Waals surface area contributed by atoms with Crippen molar-refractivity contribution in [3.63, 3.8) is 0 Å². The van der Waals surface area contributed by atoms with Crippen molar-refractivity contribution in [2.75, 3.05) is 7.11 Å². The van der Waals surface area contributed by atoms with E-state index in [4.69, 9.17) is 24.3 Å². The van der Waals surface area contributed by atoms with Gasteiger partial charge in [0.05, 0.1) is 18.7 Å². The van der Waals surface area contributed by atoms with E-state index in [1.807, 2.05) is 6.07 Å². The van der Waals surface area contributed by atoms with Crippen LogP contribution in [0.5, 0.6) is 11.5 Å². The van der Waals surface area contributed by atoms with Crippen LogP contribution in [0.3, 0.4) is 0 Å². The lowest BCUT2D eigenvalue weighted by molar-refractivity contribution is 0.0655. The molecule has 21 heavy (non-hydrogen) atoms. The summed E-state index contributed by atoms with van der Waals surface area (Å²) < 4.78 is 16.0. The highest BCUT2D eigenvalue weighted by molar-refractivity contribution is 5.84. The summed E-state index contributed by atoms with van der Waals surface area (Å²) in [6, 6.07) is 9.71. The van der Waals surface area contributed by atoms with E-state index in [1.165, 1.54) is 13.2 Å². The summed E-state index contributed by atoms with van der Waals surface area (Å²) in [5.74, 6) is -0.0290. The Labute approximate surface area is 121 Å². The minimum absolute atomic E-state index is 0.146. The molecule has 1 aromatic carbocycles. The van der Waals surface area contributed by atoms with Crippen molar-refractivity contribution in [3.05, 3.63) is 47.4 Å². The highest BCUT2D eigenvalue weighted by Crippen LogP contribution is 2.32. The maximum Gasteiger partial charge on any atom is 0.371 e. The number of methoxy groups -OCH3 is 1. The molecule has 6 heteroatoms. The SMILES string of the molecule is COc1cc(C#N)ccc1OC(C)c1ccc(C(=O)O)o1. The third-order valence-corrected chi connectivity index (χ3v) is 2.83. The molecule has 1 unspecified atom stereocenters. The zero-order valence-electron chi connectivity index (χ0n) is 11.5. The van der Waals surface area contributed by atoms with Crippen molar-refractivity contribution in [2.45, 2.75) is 13.0 Å². The molecule has 2 rings (SSSR count). The molecule has 0 aliphatic carbocycles. The first-order valence-electron chi connectivity index (χ1n) is 6.13. The fourth-order valence-corrected chi connectivity index (χ4v) is 1.77. The Balaban J connectivity index is 2.20. The number of nitriles is 1. The van der Waals surface area contributed by atoms with E-state index in [-0.39, 0.29) is 5.76 Å². The molecule has 0 saturated heterocycles. The Bertz CT molecular complexity index is 698. The van der Waals surface area contributed by atoms with E-state index in [9.17, 15) is 4.79 Å². The zero-order valence-corrected chi connectivity index (χ0v) is 11.5. The maximum atomic E-state index is 10.8. The summed E-state index contributed by atoms with van der Waals surface area (Å²) in [5.41, 5.74) is 0.456. The topological polar surface area (TPSA) is 92.7 Å². The molecule has 0 radical (unpaired) electrons. The van der Waals surface area contributed by atoms with E-state index in [2.05, 4.69) is 0 Å². The first-order valence-corrected chi connectivity index (χ1v) is 6.13. The molecule has 0 fully saturated rings. The third kappa shape index (κ3) is 3.15. The summed E-state index contributed by atoms with van der Waals surface area (Å²) in [5, 5.41) is 17.7. The van der Waals surface area contributed by atoms with Crippen LogP contribution in [0.4, 0.5) is 0 Å². The molecule has 6 nitrogen and oxygen atoms in total. The number of ether oxygens (including phenoxy) is 2. The van der Waals surface area contributed by atoms with Crippen LogP contribution in [-0.4, -0.2) is 18.2 Å². The number of benzene rings is 1.